The molecule has 0 saturated heterocycles. The van der Waals surface area contributed by atoms with E-state index in [-0.39, 0.29) is 11.1 Å². The van der Waals surface area contributed by atoms with Crippen molar-refractivity contribution >= 4 is 28.9 Å². The van der Waals surface area contributed by atoms with Gasteiger partial charge in [0.15, 0.2) is 11.6 Å². The monoisotopic (exact) mass is 404 g/mol. The molecule has 0 spiro atoms. The summed E-state index contributed by atoms with van der Waals surface area (Å²) in [5.74, 6) is 0.137. The van der Waals surface area contributed by atoms with Gasteiger partial charge in [0.2, 0.25) is 5.28 Å². The van der Waals surface area contributed by atoms with Crippen LogP contribution in [0, 0.1) is 5.82 Å². The summed E-state index contributed by atoms with van der Waals surface area (Å²) in [6.45, 7) is 11.7. The Morgan fingerprint density at radius 2 is 2.11 bits per heavy atom. The second-order valence-electron chi connectivity index (χ2n) is 7.11. The quantitative estimate of drug-likeness (QED) is 0.711. The number of anilines is 2. The van der Waals surface area contributed by atoms with Gasteiger partial charge in [-0.05, 0) is 37.4 Å². The Morgan fingerprint density at radius 1 is 1.36 bits per heavy atom. The highest BCUT2D eigenvalue weighted by Gasteiger charge is 2.25. The molecular formula is C20H26ClFN6. The molecule has 0 bridgehead atoms. The average molecular weight is 405 g/mol. The van der Waals surface area contributed by atoms with Crippen molar-refractivity contribution in [3.05, 3.63) is 46.3 Å². The maximum Gasteiger partial charge on any atom is 0.224 e. The predicted octanol–water partition coefficient (Wildman–Crippen LogP) is 3.93. The number of fused-ring (bicyclic) bond motifs is 1. The molecule has 0 aliphatic carbocycles. The van der Waals surface area contributed by atoms with Gasteiger partial charge >= 0.3 is 0 Å². The molecular weight excluding hydrogens is 379 g/mol. The highest BCUT2D eigenvalue weighted by molar-refractivity contribution is 6.28. The molecule has 150 valence electrons. The maximum absolute atomic E-state index is 15.3. The molecule has 1 aliphatic heterocycles. The largest absolute Gasteiger partial charge is 0.388 e. The van der Waals surface area contributed by atoms with Gasteiger partial charge in [-0.3, -0.25) is 4.90 Å². The number of nitrogens with one attached hydrogen (secondary N) is 2. The first-order valence-electron chi connectivity index (χ1n) is 9.46. The number of aromatic nitrogens is 3. The van der Waals surface area contributed by atoms with Crippen molar-refractivity contribution in [1.29, 1.82) is 0 Å². The molecule has 0 aromatic carbocycles. The number of hydrogen-bond acceptors (Lipinski definition) is 6. The van der Waals surface area contributed by atoms with Gasteiger partial charge in [-0.15, -0.1) is 0 Å². The van der Waals surface area contributed by atoms with Gasteiger partial charge < -0.3 is 10.6 Å². The minimum atomic E-state index is -0.460. The summed E-state index contributed by atoms with van der Waals surface area (Å²) in [6.07, 6.45) is 3.09. The summed E-state index contributed by atoms with van der Waals surface area (Å²) >= 11 is 6.12. The first kappa shape index (κ1) is 20.5. The fourth-order valence-electron chi connectivity index (χ4n) is 3.39. The molecule has 0 radical (unpaired) electrons. The Bertz CT molecular complexity index is 899. The normalized spacial score (nSPS) is 14.1. The molecule has 28 heavy (non-hydrogen) atoms. The third kappa shape index (κ3) is 3.95. The number of rotatable bonds is 6. The first-order chi connectivity index (χ1) is 13.3. The molecule has 1 aliphatic rings. The van der Waals surface area contributed by atoms with Crippen molar-refractivity contribution in [2.24, 2.45) is 0 Å². The van der Waals surface area contributed by atoms with Crippen LogP contribution < -0.4 is 10.6 Å². The molecule has 6 nitrogen and oxygen atoms in total. The van der Waals surface area contributed by atoms with E-state index in [1.807, 2.05) is 6.92 Å². The Kier molecular flexibility index (Phi) is 6.15. The lowest BCUT2D eigenvalue weighted by atomic mass is 10.0. The van der Waals surface area contributed by atoms with E-state index in [0.29, 0.717) is 36.1 Å². The summed E-state index contributed by atoms with van der Waals surface area (Å²) < 4.78 is 15.3. The Balaban J connectivity index is 2.03. The summed E-state index contributed by atoms with van der Waals surface area (Å²) in [4.78, 5) is 15.3. The van der Waals surface area contributed by atoms with Crippen LogP contribution in [0.25, 0.3) is 5.70 Å². The molecule has 0 fully saturated rings. The molecule has 0 amide bonds. The van der Waals surface area contributed by atoms with E-state index >= 15 is 4.39 Å². The summed E-state index contributed by atoms with van der Waals surface area (Å²) in [5, 5.41) is 6.12. The van der Waals surface area contributed by atoms with Gasteiger partial charge in [-0.1, -0.05) is 13.5 Å². The number of hydrogen-bond donors (Lipinski definition) is 2. The van der Waals surface area contributed by atoms with Crippen molar-refractivity contribution < 1.29 is 4.39 Å². The summed E-state index contributed by atoms with van der Waals surface area (Å²) in [6, 6.07) is 0.390. The van der Waals surface area contributed by atoms with Gasteiger partial charge in [0, 0.05) is 55.6 Å². The van der Waals surface area contributed by atoms with E-state index in [1.54, 1.807) is 13.2 Å². The van der Waals surface area contributed by atoms with Gasteiger partial charge in [0.1, 0.15) is 5.82 Å². The second kappa shape index (κ2) is 8.41. The van der Waals surface area contributed by atoms with Crippen molar-refractivity contribution in [3.63, 3.8) is 0 Å². The fraction of sp³-hybridized carbons (Fsp3) is 0.450. The number of nitrogens with zero attached hydrogens (tertiary/aromatic N) is 4. The fourth-order valence-corrected chi connectivity index (χ4v) is 3.58. The zero-order valence-corrected chi connectivity index (χ0v) is 17.5. The lowest BCUT2D eigenvalue weighted by Crippen LogP contribution is -2.36. The Hall–Kier alpha value is -2.25. The molecule has 3 rings (SSSR count). The van der Waals surface area contributed by atoms with Crippen LogP contribution in [-0.4, -0.2) is 39.5 Å². The first-order valence-corrected chi connectivity index (χ1v) is 9.84. The maximum atomic E-state index is 15.3. The third-order valence-electron chi connectivity index (χ3n) is 5.11. The predicted molar refractivity (Wildman–Crippen MR) is 111 cm³/mol. The zero-order chi connectivity index (χ0) is 20.4. The van der Waals surface area contributed by atoms with Crippen LogP contribution >= 0.6 is 11.6 Å². The van der Waals surface area contributed by atoms with Crippen LogP contribution in [0.5, 0.6) is 0 Å². The Labute approximate surface area is 170 Å². The van der Waals surface area contributed by atoms with Gasteiger partial charge in [-0.2, -0.15) is 0 Å². The number of halogens is 2. The standard InChI is InChI=1S/C20H26ClFN6/c1-6-13-9-24-19(17(22)16(13)12(4)23-5)26-18-14-10-28(11(2)3)8-7-15(14)25-20(21)27-18/h9,11,23H,4,6-8,10H2,1-3,5H3,(H,24,25,26,27). The molecule has 2 N–H and O–H groups in total. The topological polar surface area (TPSA) is 66.0 Å². The van der Waals surface area contributed by atoms with Gasteiger partial charge in [0.05, 0.1) is 5.69 Å². The van der Waals surface area contributed by atoms with Gasteiger partial charge in [-0.25, -0.2) is 19.3 Å². The van der Waals surface area contributed by atoms with Crippen molar-refractivity contribution in [2.75, 3.05) is 18.9 Å². The smallest absolute Gasteiger partial charge is 0.224 e. The molecule has 3 heterocycles. The highest BCUT2D eigenvalue weighted by Crippen LogP contribution is 2.31. The van der Waals surface area contributed by atoms with E-state index in [0.717, 1.165) is 29.8 Å². The van der Waals surface area contributed by atoms with E-state index in [9.17, 15) is 0 Å². The third-order valence-corrected chi connectivity index (χ3v) is 5.28. The Morgan fingerprint density at radius 3 is 2.75 bits per heavy atom. The SMILES string of the molecule is C=C(NC)c1c(CC)cnc(Nc2nc(Cl)nc3c2CN(C(C)C)CC3)c1F. The van der Waals surface area contributed by atoms with E-state index in [4.69, 9.17) is 11.6 Å². The van der Waals surface area contributed by atoms with Crippen LogP contribution in [0.15, 0.2) is 12.8 Å². The second-order valence-corrected chi connectivity index (χ2v) is 7.45. The minimum absolute atomic E-state index is 0.0993. The molecule has 2 aromatic rings. The molecule has 8 heteroatoms. The van der Waals surface area contributed by atoms with Crippen LogP contribution in [0.3, 0.4) is 0 Å². The lowest BCUT2D eigenvalue weighted by molar-refractivity contribution is 0.202. The van der Waals surface area contributed by atoms with Crippen LogP contribution in [0.2, 0.25) is 5.28 Å². The van der Waals surface area contributed by atoms with Crippen LogP contribution in [0.1, 0.15) is 43.2 Å². The van der Waals surface area contributed by atoms with Crippen molar-refractivity contribution in [3.8, 4) is 0 Å². The summed E-state index contributed by atoms with van der Waals surface area (Å²) in [5.41, 5.74) is 3.55. The number of aryl methyl sites for hydroxylation is 1. The van der Waals surface area contributed by atoms with Gasteiger partial charge in [0.25, 0.3) is 0 Å². The van der Waals surface area contributed by atoms with E-state index in [1.165, 1.54) is 0 Å². The lowest BCUT2D eigenvalue weighted by Gasteiger charge is -2.32. The molecule has 0 saturated carbocycles. The van der Waals surface area contributed by atoms with Crippen molar-refractivity contribution in [1.82, 2.24) is 25.2 Å². The van der Waals surface area contributed by atoms with Crippen LogP contribution in [-0.2, 0) is 19.4 Å². The van der Waals surface area contributed by atoms with Crippen LogP contribution in [0.4, 0.5) is 16.0 Å². The molecule has 2 aromatic heterocycles. The average Bonchev–Trinajstić information content (AvgIpc) is 2.68. The number of pyridine rings is 1. The van der Waals surface area contributed by atoms with E-state index < -0.39 is 5.82 Å². The molecule has 0 unspecified atom stereocenters. The minimum Gasteiger partial charge on any atom is -0.388 e. The van der Waals surface area contributed by atoms with E-state index in [2.05, 4.69) is 50.9 Å². The highest BCUT2D eigenvalue weighted by atomic mass is 35.5. The zero-order valence-electron chi connectivity index (χ0n) is 16.7. The van der Waals surface area contributed by atoms with Crippen molar-refractivity contribution in [2.45, 2.75) is 46.2 Å². The molecule has 0 atom stereocenters. The summed E-state index contributed by atoms with van der Waals surface area (Å²) in [7, 11) is 1.72.